The number of carbonyl (C=O) groups is 1. The Morgan fingerprint density at radius 3 is 2.71 bits per heavy atom. The number of alkyl halides is 3. The average Bonchev–Trinajstić information content (AvgIpc) is 3.09. The third-order valence-corrected chi connectivity index (χ3v) is 5.42. The van der Waals surface area contributed by atoms with E-state index in [2.05, 4.69) is 25.5 Å². The molecule has 1 aliphatic heterocycles. The van der Waals surface area contributed by atoms with E-state index < -0.39 is 29.3 Å². The molecular formula is C19H12ClF4N5O2. The summed E-state index contributed by atoms with van der Waals surface area (Å²) >= 11 is 5.65. The number of nitrogens with one attached hydrogen (secondary N) is 2. The number of halogens is 5. The quantitative estimate of drug-likeness (QED) is 0.575. The number of aromatic nitrogens is 4. The SMILES string of the molecule is O=C1NCCc2[nH]c3c(c21)CCc1cnc(Oc2cc(Cl)nnc2C(F)(F)F)c(F)c1-3. The van der Waals surface area contributed by atoms with Gasteiger partial charge in [0, 0.05) is 36.5 Å². The number of ether oxygens (including phenoxy) is 1. The highest BCUT2D eigenvalue weighted by Crippen LogP contribution is 2.42. The van der Waals surface area contributed by atoms with Crippen molar-refractivity contribution >= 4 is 17.5 Å². The monoisotopic (exact) mass is 453 g/mol. The number of carbonyl (C=O) groups excluding carboxylic acids is 1. The van der Waals surface area contributed by atoms with Gasteiger partial charge in [-0.2, -0.15) is 13.2 Å². The Balaban J connectivity index is 1.62. The summed E-state index contributed by atoms with van der Waals surface area (Å²) in [4.78, 5) is 19.3. The molecule has 31 heavy (non-hydrogen) atoms. The summed E-state index contributed by atoms with van der Waals surface area (Å²) in [6.45, 7) is 0.460. The summed E-state index contributed by atoms with van der Waals surface area (Å²) in [6.07, 6.45) is -2.06. The molecule has 0 atom stereocenters. The lowest BCUT2D eigenvalue weighted by Gasteiger charge is -2.20. The first kappa shape index (κ1) is 19.7. The van der Waals surface area contributed by atoms with Crippen molar-refractivity contribution in [1.82, 2.24) is 25.5 Å². The standard InChI is InChI=1S/C19H12ClF4N5O2/c20-11-5-10(16(29-28-11)19(22,23)24)31-18-14(21)12-7(6-26-18)1-2-8-13-9(27-15(8)12)3-4-25-17(13)30/h5-6,27H,1-4H2,(H,25,30). The van der Waals surface area contributed by atoms with Crippen molar-refractivity contribution in [3.05, 3.63) is 51.3 Å². The number of fused-ring (bicyclic) bond motifs is 5. The number of H-pyrrole nitrogens is 1. The number of hydrogen-bond donors (Lipinski definition) is 2. The molecule has 5 rings (SSSR count). The van der Waals surface area contributed by atoms with Gasteiger partial charge in [0.2, 0.25) is 5.69 Å². The lowest BCUT2D eigenvalue weighted by molar-refractivity contribution is -0.142. The maximum atomic E-state index is 15.5. The van der Waals surface area contributed by atoms with E-state index in [-0.39, 0.29) is 16.6 Å². The molecule has 2 aliphatic rings. The Morgan fingerprint density at radius 1 is 1.13 bits per heavy atom. The topological polar surface area (TPSA) is 92.8 Å². The van der Waals surface area contributed by atoms with Crippen LogP contribution >= 0.6 is 11.6 Å². The third kappa shape index (κ3) is 3.19. The fourth-order valence-electron chi connectivity index (χ4n) is 3.94. The molecule has 0 radical (unpaired) electrons. The van der Waals surface area contributed by atoms with Crippen LogP contribution in [0.5, 0.6) is 11.6 Å². The normalized spacial score (nSPS) is 15.1. The lowest BCUT2D eigenvalue weighted by atomic mass is 9.88. The van der Waals surface area contributed by atoms with E-state index in [9.17, 15) is 18.0 Å². The van der Waals surface area contributed by atoms with Crippen LogP contribution in [0.2, 0.25) is 5.15 Å². The smallest absolute Gasteiger partial charge is 0.434 e. The van der Waals surface area contributed by atoms with E-state index in [0.29, 0.717) is 53.9 Å². The van der Waals surface area contributed by atoms with Crippen LogP contribution in [0.3, 0.4) is 0 Å². The van der Waals surface area contributed by atoms with Crippen LogP contribution in [0, 0.1) is 5.82 Å². The largest absolute Gasteiger partial charge is 0.438 e. The first-order valence-corrected chi connectivity index (χ1v) is 9.59. The van der Waals surface area contributed by atoms with Gasteiger partial charge in [-0.15, -0.1) is 10.2 Å². The van der Waals surface area contributed by atoms with E-state index in [1.807, 2.05) is 0 Å². The molecule has 0 fully saturated rings. The Labute approximate surface area is 176 Å². The molecule has 0 spiro atoms. The van der Waals surface area contributed by atoms with Gasteiger partial charge in [0.1, 0.15) is 0 Å². The van der Waals surface area contributed by atoms with Gasteiger partial charge in [0.15, 0.2) is 16.7 Å². The summed E-state index contributed by atoms with van der Waals surface area (Å²) in [5.41, 5.74) is 1.49. The molecular weight excluding hydrogens is 442 g/mol. The maximum absolute atomic E-state index is 15.5. The van der Waals surface area contributed by atoms with E-state index >= 15 is 4.39 Å². The number of rotatable bonds is 2. The number of aryl methyl sites for hydroxylation is 1. The van der Waals surface area contributed by atoms with E-state index in [1.54, 1.807) is 0 Å². The van der Waals surface area contributed by atoms with Gasteiger partial charge in [-0.1, -0.05) is 11.6 Å². The summed E-state index contributed by atoms with van der Waals surface area (Å²) in [5, 5.41) is 8.60. The van der Waals surface area contributed by atoms with Crippen LogP contribution in [0.15, 0.2) is 12.3 Å². The van der Waals surface area contributed by atoms with Crippen LogP contribution in [0.1, 0.15) is 32.9 Å². The lowest BCUT2D eigenvalue weighted by Crippen LogP contribution is -2.32. The van der Waals surface area contributed by atoms with Crippen LogP contribution in [0.4, 0.5) is 17.6 Å². The molecule has 4 heterocycles. The van der Waals surface area contributed by atoms with Crippen molar-refractivity contribution in [3.8, 4) is 22.9 Å². The van der Waals surface area contributed by atoms with Gasteiger partial charge in [-0.05, 0) is 24.0 Å². The second-order valence-corrected chi connectivity index (χ2v) is 7.48. The Morgan fingerprint density at radius 2 is 1.94 bits per heavy atom. The van der Waals surface area contributed by atoms with Crippen molar-refractivity contribution < 1.29 is 27.1 Å². The van der Waals surface area contributed by atoms with Crippen molar-refractivity contribution in [2.75, 3.05) is 6.54 Å². The maximum Gasteiger partial charge on any atom is 0.438 e. The zero-order chi connectivity index (χ0) is 21.9. The van der Waals surface area contributed by atoms with E-state index in [4.69, 9.17) is 16.3 Å². The fraction of sp³-hybridized carbons (Fsp3) is 0.263. The molecule has 160 valence electrons. The summed E-state index contributed by atoms with van der Waals surface area (Å²) < 4.78 is 60.3. The first-order chi connectivity index (χ1) is 14.7. The van der Waals surface area contributed by atoms with Gasteiger partial charge in [-0.25, -0.2) is 9.37 Å². The number of aromatic amines is 1. The highest BCUT2D eigenvalue weighted by molar-refractivity contribution is 6.29. The second kappa shape index (κ2) is 6.91. The van der Waals surface area contributed by atoms with Crippen molar-refractivity contribution in [3.63, 3.8) is 0 Å². The van der Waals surface area contributed by atoms with Crippen molar-refractivity contribution in [2.45, 2.75) is 25.4 Å². The van der Waals surface area contributed by atoms with Gasteiger partial charge in [-0.3, -0.25) is 4.79 Å². The van der Waals surface area contributed by atoms with Crippen molar-refractivity contribution in [2.24, 2.45) is 0 Å². The number of amides is 1. The number of nitrogens with zero attached hydrogens (tertiary/aromatic N) is 3. The summed E-state index contributed by atoms with van der Waals surface area (Å²) in [5.74, 6) is -2.67. The minimum Gasteiger partial charge on any atom is -0.434 e. The van der Waals surface area contributed by atoms with Crippen LogP contribution in [-0.2, 0) is 25.4 Å². The van der Waals surface area contributed by atoms with Crippen LogP contribution in [0.25, 0.3) is 11.3 Å². The molecule has 0 saturated heterocycles. The summed E-state index contributed by atoms with van der Waals surface area (Å²) in [7, 11) is 0. The molecule has 2 N–H and O–H groups in total. The minimum atomic E-state index is -4.89. The molecule has 1 aliphatic carbocycles. The molecule has 0 bridgehead atoms. The summed E-state index contributed by atoms with van der Waals surface area (Å²) in [6, 6.07) is 0.793. The molecule has 3 aromatic rings. The first-order valence-electron chi connectivity index (χ1n) is 9.22. The average molecular weight is 454 g/mol. The van der Waals surface area contributed by atoms with Crippen molar-refractivity contribution in [1.29, 1.82) is 0 Å². The molecule has 0 aromatic carbocycles. The van der Waals surface area contributed by atoms with E-state index in [0.717, 1.165) is 6.07 Å². The van der Waals surface area contributed by atoms with E-state index in [1.165, 1.54) is 6.20 Å². The Hall–Kier alpha value is -3.21. The van der Waals surface area contributed by atoms with Gasteiger partial charge in [0.05, 0.1) is 11.3 Å². The van der Waals surface area contributed by atoms with Gasteiger partial charge < -0.3 is 15.0 Å². The second-order valence-electron chi connectivity index (χ2n) is 7.10. The Bertz CT molecular complexity index is 1240. The molecule has 0 unspecified atom stereocenters. The predicted octanol–water partition coefficient (Wildman–Crippen LogP) is 3.85. The number of pyridine rings is 1. The van der Waals surface area contributed by atoms with Gasteiger partial charge >= 0.3 is 6.18 Å². The molecule has 7 nitrogen and oxygen atoms in total. The van der Waals surface area contributed by atoms with Crippen LogP contribution < -0.4 is 10.1 Å². The molecule has 3 aromatic heterocycles. The number of hydrogen-bond acceptors (Lipinski definition) is 5. The highest BCUT2D eigenvalue weighted by Gasteiger charge is 2.38. The zero-order valence-electron chi connectivity index (χ0n) is 15.5. The predicted molar refractivity (Wildman–Crippen MR) is 99.5 cm³/mol. The molecule has 1 amide bonds. The van der Waals surface area contributed by atoms with Crippen LogP contribution in [-0.4, -0.2) is 32.6 Å². The minimum absolute atomic E-state index is 0.120. The molecule has 0 saturated carbocycles. The molecule has 12 heteroatoms. The Kier molecular flexibility index (Phi) is 4.40. The zero-order valence-corrected chi connectivity index (χ0v) is 16.3. The third-order valence-electron chi connectivity index (χ3n) is 5.23. The van der Waals surface area contributed by atoms with Gasteiger partial charge in [0.25, 0.3) is 11.8 Å². The fourth-order valence-corrected chi connectivity index (χ4v) is 4.07. The highest BCUT2D eigenvalue weighted by atomic mass is 35.5.